The smallest absolute Gasteiger partial charge is 0.323 e. The summed E-state index contributed by atoms with van der Waals surface area (Å²) < 4.78 is 5.01. The molecule has 5 heteroatoms. The molecule has 1 aromatic carbocycles. The average Bonchev–Trinajstić information content (AvgIpc) is 2.35. The lowest BCUT2D eigenvalue weighted by molar-refractivity contribution is -0.138. The fourth-order valence-corrected chi connectivity index (χ4v) is 1.81. The van der Waals surface area contributed by atoms with E-state index in [2.05, 4.69) is 0 Å². The summed E-state index contributed by atoms with van der Waals surface area (Å²) in [6.45, 7) is 5.60. The van der Waals surface area contributed by atoms with Gasteiger partial charge in [0, 0.05) is 18.2 Å². The number of benzene rings is 1. The van der Waals surface area contributed by atoms with E-state index in [1.54, 1.807) is 31.4 Å². The van der Waals surface area contributed by atoms with Crippen molar-refractivity contribution in [3.63, 3.8) is 0 Å². The van der Waals surface area contributed by atoms with Gasteiger partial charge in [0.1, 0.15) is 6.54 Å². The van der Waals surface area contributed by atoms with Crippen molar-refractivity contribution in [2.75, 3.05) is 13.7 Å². The first-order valence-electron chi connectivity index (χ1n) is 6.37. The van der Waals surface area contributed by atoms with Crippen LogP contribution in [0.4, 0.5) is 0 Å². The summed E-state index contributed by atoms with van der Waals surface area (Å²) >= 11 is 0. The van der Waals surface area contributed by atoms with Crippen LogP contribution in [0.3, 0.4) is 0 Å². The molecule has 1 rings (SSSR count). The number of ether oxygens (including phenoxy) is 1. The number of amides is 1. The number of rotatable bonds is 5. The molecule has 0 saturated carbocycles. The van der Waals surface area contributed by atoms with Crippen LogP contribution in [-0.2, 0) is 16.1 Å². The number of carbonyl (C=O) groups is 2. The second-order valence-corrected chi connectivity index (χ2v) is 5.59. The van der Waals surface area contributed by atoms with Crippen molar-refractivity contribution in [1.82, 2.24) is 4.90 Å². The van der Waals surface area contributed by atoms with E-state index in [0.717, 1.165) is 5.56 Å². The molecule has 0 atom stereocenters. The molecule has 0 radical (unpaired) electrons. The fourth-order valence-electron chi connectivity index (χ4n) is 1.81. The largest absolute Gasteiger partial charge is 0.480 e. The van der Waals surface area contributed by atoms with Crippen molar-refractivity contribution < 1.29 is 19.4 Å². The van der Waals surface area contributed by atoms with Crippen LogP contribution in [0.15, 0.2) is 24.3 Å². The maximum atomic E-state index is 12.4. The van der Waals surface area contributed by atoms with Gasteiger partial charge in [-0.2, -0.15) is 0 Å². The Bertz CT molecular complexity index is 474. The first-order chi connectivity index (χ1) is 9.25. The van der Waals surface area contributed by atoms with Gasteiger partial charge in [-0.1, -0.05) is 12.1 Å². The van der Waals surface area contributed by atoms with Crippen LogP contribution in [0.5, 0.6) is 0 Å². The predicted octanol–water partition coefficient (Wildman–Crippen LogP) is 2.16. The van der Waals surface area contributed by atoms with Crippen LogP contribution in [0.2, 0.25) is 0 Å². The summed E-state index contributed by atoms with van der Waals surface area (Å²) in [5.74, 6) is -1.31. The highest BCUT2D eigenvalue weighted by Crippen LogP contribution is 2.17. The van der Waals surface area contributed by atoms with Crippen LogP contribution in [0.1, 0.15) is 36.7 Å². The zero-order chi connectivity index (χ0) is 15.3. The van der Waals surface area contributed by atoms with Crippen molar-refractivity contribution >= 4 is 11.9 Å². The Hall–Kier alpha value is -1.88. The van der Waals surface area contributed by atoms with Crippen LogP contribution in [0.25, 0.3) is 0 Å². The normalized spacial score (nSPS) is 11.2. The topological polar surface area (TPSA) is 66.8 Å². The molecular formula is C15H21NO4. The maximum Gasteiger partial charge on any atom is 0.323 e. The number of carboxylic acids is 1. The molecule has 0 spiro atoms. The Morgan fingerprint density at radius 2 is 1.75 bits per heavy atom. The molecule has 0 bridgehead atoms. The van der Waals surface area contributed by atoms with Gasteiger partial charge in [-0.25, -0.2) is 0 Å². The van der Waals surface area contributed by atoms with Crippen LogP contribution >= 0.6 is 0 Å². The third-order valence-corrected chi connectivity index (χ3v) is 2.86. The molecule has 20 heavy (non-hydrogen) atoms. The lowest BCUT2D eigenvalue weighted by Gasteiger charge is -2.34. The summed E-state index contributed by atoms with van der Waals surface area (Å²) in [5.41, 5.74) is 0.881. The Labute approximate surface area is 119 Å². The Balaban J connectivity index is 2.97. The van der Waals surface area contributed by atoms with E-state index >= 15 is 0 Å². The molecule has 1 N–H and O–H groups in total. The minimum atomic E-state index is -1.02. The van der Waals surface area contributed by atoms with Crippen molar-refractivity contribution in [3.8, 4) is 0 Å². The molecule has 0 unspecified atom stereocenters. The minimum Gasteiger partial charge on any atom is -0.480 e. The summed E-state index contributed by atoms with van der Waals surface area (Å²) in [7, 11) is 1.60. The van der Waals surface area contributed by atoms with Crippen molar-refractivity contribution in [3.05, 3.63) is 35.4 Å². The summed E-state index contributed by atoms with van der Waals surface area (Å²) in [6.07, 6.45) is 0. The number of nitrogens with zero attached hydrogens (tertiary/aromatic N) is 1. The van der Waals surface area contributed by atoms with Gasteiger partial charge in [0.05, 0.1) is 6.61 Å². The molecule has 0 aliphatic carbocycles. The third-order valence-electron chi connectivity index (χ3n) is 2.86. The number of hydrogen-bond donors (Lipinski definition) is 1. The van der Waals surface area contributed by atoms with E-state index in [0.29, 0.717) is 12.2 Å². The highest BCUT2D eigenvalue weighted by Gasteiger charge is 2.29. The van der Waals surface area contributed by atoms with E-state index in [9.17, 15) is 9.59 Å². The molecule has 0 aromatic heterocycles. The van der Waals surface area contributed by atoms with Crippen LogP contribution in [-0.4, -0.2) is 41.1 Å². The van der Waals surface area contributed by atoms with Crippen molar-refractivity contribution in [2.24, 2.45) is 0 Å². The zero-order valence-corrected chi connectivity index (χ0v) is 12.3. The van der Waals surface area contributed by atoms with Crippen molar-refractivity contribution in [2.45, 2.75) is 32.9 Å². The molecule has 5 nitrogen and oxygen atoms in total. The molecule has 110 valence electrons. The molecular weight excluding hydrogens is 258 g/mol. The summed E-state index contributed by atoms with van der Waals surface area (Å²) in [5, 5.41) is 8.95. The van der Waals surface area contributed by atoms with E-state index in [1.807, 2.05) is 20.8 Å². The number of carbonyl (C=O) groups excluding carboxylic acids is 1. The number of aliphatic carboxylic acids is 1. The Kier molecular flexibility index (Phi) is 5.27. The zero-order valence-electron chi connectivity index (χ0n) is 12.3. The third kappa shape index (κ3) is 4.35. The van der Waals surface area contributed by atoms with E-state index in [1.165, 1.54) is 4.90 Å². The second-order valence-electron chi connectivity index (χ2n) is 5.59. The summed E-state index contributed by atoms with van der Waals surface area (Å²) in [4.78, 5) is 24.7. The maximum absolute atomic E-state index is 12.4. The molecule has 0 heterocycles. The van der Waals surface area contributed by atoms with E-state index in [-0.39, 0.29) is 12.5 Å². The van der Waals surface area contributed by atoms with Gasteiger partial charge >= 0.3 is 5.97 Å². The number of hydrogen-bond acceptors (Lipinski definition) is 3. The van der Waals surface area contributed by atoms with E-state index in [4.69, 9.17) is 9.84 Å². The van der Waals surface area contributed by atoms with Gasteiger partial charge in [0.15, 0.2) is 0 Å². The van der Waals surface area contributed by atoms with Gasteiger partial charge in [0.2, 0.25) is 0 Å². The summed E-state index contributed by atoms with van der Waals surface area (Å²) in [6, 6.07) is 6.99. The number of carboxylic acid groups (broad SMARTS) is 1. The SMILES string of the molecule is COCc1ccc(C(=O)N(CC(=O)O)C(C)(C)C)cc1. The highest BCUT2D eigenvalue weighted by molar-refractivity contribution is 5.96. The second kappa shape index (κ2) is 6.52. The molecule has 1 amide bonds. The average molecular weight is 279 g/mol. The monoisotopic (exact) mass is 279 g/mol. The first kappa shape index (κ1) is 16.2. The quantitative estimate of drug-likeness (QED) is 0.897. The highest BCUT2D eigenvalue weighted by atomic mass is 16.5. The van der Waals surface area contributed by atoms with Crippen LogP contribution < -0.4 is 0 Å². The van der Waals surface area contributed by atoms with Gasteiger partial charge in [0.25, 0.3) is 5.91 Å². The molecule has 0 saturated heterocycles. The van der Waals surface area contributed by atoms with Gasteiger partial charge in [-0.3, -0.25) is 9.59 Å². The predicted molar refractivity (Wildman–Crippen MR) is 75.6 cm³/mol. The molecule has 0 aliphatic heterocycles. The molecule has 0 aliphatic rings. The van der Waals surface area contributed by atoms with Crippen LogP contribution in [0, 0.1) is 0 Å². The molecule has 1 aromatic rings. The first-order valence-corrected chi connectivity index (χ1v) is 6.37. The lowest BCUT2D eigenvalue weighted by Crippen LogP contribution is -2.48. The minimum absolute atomic E-state index is 0.288. The molecule has 0 fully saturated rings. The van der Waals surface area contributed by atoms with E-state index < -0.39 is 11.5 Å². The van der Waals surface area contributed by atoms with Gasteiger partial charge in [-0.15, -0.1) is 0 Å². The number of methoxy groups -OCH3 is 1. The van der Waals surface area contributed by atoms with Crippen molar-refractivity contribution in [1.29, 1.82) is 0 Å². The standard InChI is InChI=1S/C15H21NO4/c1-15(2,3)16(9-13(17)18)14(19)12-7-5-11(6-8-12)10-20-4/h5-8H,9-10H2,1-4H3,(H,17,18). The van der Waals surface area contributed by atoms with Gasteiger partial charge in [-0.05, 0) is 38.5 Å². The fraction of sp³-hybridized carbons (Fsp3) is 0.467. The Morgan fingerprint density at radius 3 is 2.15 bits per heavy atom. The lowest BCUT2D eigenvalue weighted by atomic mass is 10.0. The van der Waals surface area contributed by atoms with Gasteiger partial charge < -0.3 is 14.7 Å². The Morgan fingerprint density at radius 1 is 1.20 bits per heavy atom.